The fourth-order valence-corrected chi connectivity index (χ4v) is 4.42. The van der Waals surface area contributed by atoms with E-state index in [9.17, 15) is 0 Å². The van der Waals surface area contributed by atoms with Crippen LogP contribution in [0.2, 0.25) is 0 Å². The molecule has 0 saturated carbocycles. The molecule has 3 aromatic carbocycles. The Bertz CT molecular complexity index is 1070. The molecule has 4 rings (SSSR count). The van der Waals surface area contributed by atoms with Crippen molar-refractivity contribution >= 4 is 7.85 Å². The lowest BCUT2D eigenvalue weighted by Crippen LogP contribution is -2.27. The van der Waals surface area contributed by atoms with Crippen molar-refractivity contribution in [1.82, 2.24) is 0 Å². The lowest BCUT2D eigenvalue weighted by molar-refractivity contribution is 0.102. The molecule has 0 saturated heterocycles. The molecule has 1 nitrogen and oxygen atoms in total. The lowest BCUT2D eigenvalue weighted by atomic mass is 9.73. The summed E-state index contributed by atoms with van der Waals surface area (Å²) in [6.45, 7) is 4.30. The van der Waals surface area contributed by atoms with Gasteiger partial charge in [-0.2, -0.15) is 0 Å². The predicted molar refractivity (Wildman–Crippen MR) is 123 cm³/mol. The molecule has 1 aliphatic carbocycles. The number of methoxy groups -OCH3 is 1. The highest BCUT2D eigenvalue weighted by atomic mass is 16.5. The largest absolute Gasteiger partial charge is 0.380 e. The van der Waals surface area contributed by atoms with Crippen LogP contribution in [0.1, 0.15) is 43.4 Å². The molecule has 0 heterocycles. The number of hydrogen-bond acceptors (Lipinski definition) is 1. The van der Waals surface area contributed by atoms with Crippen molar-refractivity contribution in [2.75, 3.05) is 7.11 Å². The van der Waals surface area contributed by atoms with Crippen LogP contribution in [0, 0.1) is 0 Å². The highest BCUT2D eigenvalue weighted by molar-refractivity contribution is 6.16. The molecule has 2 heteroatoms. The number of hydrogen-bond donors (Lipinski definition) is 0. The lowest BCUT2D eigenvalue weighted by Gasteiger charge is -2.28. The Kier molecular flexibility index (Phi) is 5.47. The van der Waals surface area contributed by atoms with E-state index in [2.05, 4.69) is 86.7 Å². The Labute approximate surface area is 175 Å². The highest BCUT2D eigenvalue weighted by Gasteiger charge is 2.26. The van der Waals surface area contributed by atoms with Crippen LogP contribution in [0.3, 0.4) is 0 Å². The maximum Gasteiger partial charge on any atom is 0.126 e. The Balaban J connectivity index is 1.93. The SMILES string of the molecule is [B]C(/C=C(/C)CCC)(OC)c1ccc2c(c1)-c1ccccc1Cc1ccccc1-2. The Morgan fingerprint density at radius 3 is 2.17 bits per heavy atom. The summed E-state index contributed by atoms with van der Waals surface area (Å²) in [5, 5.41) is 0. The summed E-state index contributed by atoms with van der Waals surface area (Å²) in [5.41, 5.74) is 9.02. The molecule has 1 atom stereocenters. The summed E-state index contributed by atoms with van der Waals surface area (Å²) in [7, 11) is 8.42. The molecule has 0 fully saturated rings. The zero-order valence-corrected chi connectivity index (χ0v) is 17.5. The number of benzene rings is 3. The van der Waals surface area contributed by atoms with E-state index in [4.69, 9.17) is 12.6 Å². The van der Waals surface area contributed by atoms with E-state index >= 15 is 0 Å². The normalized spacial score (nSPS) is 14.9. The van der Waals surface area contributed by atoms with E-state index in [1.165, 1.54) is 39.0 Å². The van der Waals surface area contributed by atoms with Crippen molar-refractivity contribution < 1.29 is 4.74 Å². The molecule has 2 radical (unpaired) electrons. The van der Waals surface area contributed by atoms with Gasteiger partial charge in [-0.25, -0.2) is 0 Å². The first-order chi connectivity index (χ1) is 14.1. The molecule has 1 aliphatic rings. The zero-order chi connectivity index (χ0) is 20.4. The third kappa shape index (κ3) is 3.70. The summed E-state index contributed by atoms with van der Waals surface area (Å²) >= 11 is 0. The Hall–Kier alpha value is -2.58. The van der Waals surface area contributed by atoms with Gasteiger partial charge in [-0.05, 0) is 64.8 Å². The van der Waals surface area contributed by atoms with Crippen LogP contribution in [0.15, 0.2) is 78.4 Å². The Morgan fingerprint density at radius 2 is 1.55 bits per heavy atom. The van der Waals surface area contributed by atoms with Crippen LogP contribution in [-0.2, 0) is 16.7 Å². The molecule has 1 unspecified atom stereocenters. The fraction of sp³-hybridized carbons (Fsp3) is 0.259. The molecule has 0 aromatic heterocycles. The molecule has 0 bridgehead atoms. The third-order valence-corrected chi connectivity index (χ3v) is 5.91. The summed E-state index contributed by atoms with van der Waals surface area (Å²) in [5.74, 6) is 0. The molecule has 144 valence electrons. The van der Waals surface area contributed by atoms with E-state index in [1.807, 2.05) is 0 Å². The smallest absolute Gasteiger partial charge is 0.126 e. The van der Waals surface area contributed by atoms with Crippen LogP contribution in [-0.4, -0.2) is 15.0 Å². The van der Waals surface area contributed by atoms with E-state index in [1.54, 1.807) is 7.11 Å². The number of rotatable bonds is 5. The van der Waals surface area contributed by atoms with Crippen LogP contribution < -0.4 is 0 Å². The summed E-state index contributed by atoms with van der Waals surface area (Å²) in [6, 6.07) is 23.9. The van der Waals surface area contributed by atoms with Gasteiger partial charge >= 0.3 is 0 Å². The van der Waals surface area contributed by atoms with Crippen molar-refractivity contribution in [3.63, 3.8) is 0 Å². The minimum Gasteiger partial charge on any atom is -0.380 e. The fourth-order valence-electron chi connectivity index (χ4n) is 4.42. The molecular formula is C27H27BO. The van der Waals surface area contributed by atoms with E-state index in [-0.39, 0.29) is 0 Å². The molecule has 0 spiro atoms. The second kappa shape index (κ2) is 8.04. The van der Waals surface area contributed by atoms with E-state index in [0.29, 0.717) is 0 Å². The van der Waals surface area contributed by atoms with Crippen molar-refractivity contribution in [3.05, 3.63) is 95.1 Å². The van der Waals surface area contributed by atoms with Gasteiger partial charge in [0.1, 0.15) is 7.85 Å². The molecule has 0 amide bonds. The second-order valence-corrected chi connectivity index (χ2v) is 7.99. The maximum atomic E-state index is 6.74. The maximum absolute atomic E-state index is 6.74. The molecule has 3 aromatic rings. The minimum atomic E-state index is -0.935. The molecule has 0 N–H and O–H groups in total. The first kappa shape index (κ1) is 19.7. The van der Waals surface area contributed by atoms with Gasteiger partial charge in [-0.1, -0.05) is 85.7 Å². The summed E-state index contributed by atoms with van der Waals surface area (Å²) < 4.78 is 5.82. The van der Waals surface area contributed by atoms with Crippen molar-refractivity contribution in [1.29, 1.82) is 0 Å². The van der Waals surface area contributed by atoms with Gasteiger partial charge in [0.05, 0.1) is 5.50 Å². The van der Waals surface area contributed by atoms with Crippen molar-refractivity contribution in [2.45, 2.75) is 38.6 Å². The van der Waals surface area contributed by atoms with Crippen LogP contribution >= 0.6 is 0 Å². The van der Waals surface area contributed by atoms with Crippen LogP contribution in [0.5, 0.6) is 0 Å². The second-order valence-electron chi connectivity index (χ2n) is 7.99. The quantitative estimate of drug-likeness (QED) is 0.279. The average Bonchev–Trinajstić information content (AvgIpc) is 2.88. The van der Waals surface area contributed by atoms with E-state index in [0.717, 1.165) is 24.8 Å². The molecular weight excluding hydrogens is 351 g/mol. The topological polar surface area (TPSA) is 9.23 Å². The summed E-state index contributed by atoms with van der Waals surface area (Å²) in [6.07, 6.45) is 5.11. The van der Waals surface area contributed by atoms with Crippen molar-refractivity contribution in [3.8, 4) is 22.3 Å². The third-order valence-electron chi connectivity index (χ3n) is 5.91. The minimum absolute atomic E-state index is 0.934. The molecule has 0 aliphatic heterocycles. The predicted octanol–water partition coefficient (Wildman–Crippen LogP) is 6.64. The van der Waals surface area contributed by atoms with Crippen LogP contribution in [0.25, 0.3) is 22.3 Å². The highest BCUT2D eigenvalue weighted by Crippen LogP contribution is 2.42. The van der Waals surface area contributed by atoms with Gasteiger partial charge in [-0.15, -0.1) is 0 Å². The average molecular weight is 378 g/mol. The van der Waals surface area contributed by atoms with Gasteiger partial charge in [0.15, 0.2) is 0 Å². The summed E-state index contributed by atoms with van der Waals surface area (Å²) in [4.78, 5) is 0. The van der Waals surface area contributed by atoms with Crippen molar-refractivity contribution in [2.24, 2.45) is 0 Å². The van der Waals surface area contributed by atoms with Gasteiger partial charge in [0, 0.05) is 7.11 Å². The first-order valence-electron chi connectivity index (χ1n) is 10.4. The van der Waals surface area contributed by atoms with Gasteiger partial charge in [-0.3, -0.25) is 0 Å². The first-order valence-corrected chi connectivity index (χ1v) is 10.4. The van der Waals surface area contributed by atoms with Gasteiger partial charge in [0.2, 0.25) is 0 Å². The standard InChI is InChI=1S/C27H27BO/c1-4-9-19(2)18-27(28,29-3)22-14-15-25-23-12-7-5-10-20(23)16-21-11-6-8-13-24(21)26(25)17-22/h5-8,10-15,17-18H,4,9,16H2,1-3H3/b19-18-. The van der Waals surface area contributed by atoms with Crippen LogP contribution in [0.4, 0.5) is 0 Å². The number of ether oxygens (including phenoxy) is 1. The van der Waals surface area contributed by atoms with Gasteiger partial charge < -0.3 is 4.74 Å². The zero-order valence-electron chi connectivity index (χ0n) is 17.5. The Morgan fingerprint density at radius 1 is 0.931 bits per heavy atom. The van der Waals surface area contributed by atoms with E-state index < -0.39 is 5.50 Å². The number of fused-ring (bicyclic) bond motifs is 5. The number of allylic oxidation sites excluding steroid dienone is 1. The molecule has 29 heavy (non-hydrogen) atoms. The monoisotopic (exact) mass is 378 g/mol. The van der Waals surface area contributed by atoms with Gasteiger partial charge in [0.25, 0.3) is 0 Å².